The third-order valence-electron chi connectivity index (χ3n) is 11.3. The Morgan fingerprint density at radius 1 is 0.403 bits per heavy atom. The zero-order valence-corrected chi connectivity index (χ0v) is 43.8. The maximum atomic E-state index is 12.5. The molecule has 0 aliphatic carbocycles. The molecule has 0 aromatic carbocycles. The van der Waals surface area contributed by atoms with Gasteiger partial charge in [0.25, 0.3) is 0 Å². The van der Waals surface area contributed by atoms with Crippen LogP contribution >= 0.6 is 0 Å². The Hall–Kier alpha value is -2.79. The molecule has 9 atom stereocenters. The Kier molecular flexibility index (Phi) is 33.6. The SMILES string of the molecule is CC(C)=C/C=C/[C@@H](C)[C@@H](O)[C@@H](C(=O)C(C)C)N(C)C(C)C.CC(C)=C/C=C\[C@@H](C)[C@@H](O)[C@@H](C(=O)C(C)C)N(C)C(C)C.CC=CC=C[C@@H](C)[C@@H](O)[C@@H](C(=O)C(C)C)N(C)C(C)C. The van der Waals surface area contributed by atoms with Crippen LogP contribution in [0.15, 0.2) is 71.9 Å². The largest absolute Gasteiger partial charge is 0.390 e. The summed E-state index contributed by atoms with van der Waals surface area (Å²) in [5.41, 5.74) is 2.42. The molecule has 0 saturated heterocycles. The standard InChI is InChI=1S/2C18H33NO2.C17H31NO2/c2*1-12(2)10-9-11-15(7)18(21)16(17(20)13(3)4)19(8)14(5)6;1-8-9-10-11-14(6)17(20)15(16(19)12(2)3)18(7)13(4)5/h2*9-11,13-16,18,21H,1-8H3;8-15,17,20H,1-7H3/b11-9+;11-9-;/t2*15-,16-,18-;14-,15-,17-/m111/s1. The van der Waals surface area contributed by atoms with Crippen LogP contribution < -0.4 is 0 Å². The molecule has 0 saturated carbocycles. The van der Waals surface area contributed by atoms with Gasteiger partial charge < -0.3 is 15.3 Å². The minimum Gasteiger partial charge on any atom is -0.390 e. The molecule has 0 aliphatic rings. The van der Waals surface area contributed by atoms with Gasteiger partial charge in [-0.15, -0.1) is 0 Å². The number of nitrogens with zero attached hydrogens (tertiary/aromatic N) is 3. The van der Waals surface area contributed by atoms with Crippen LogP contribution in [-0.4, -0.2) is 123 Å². The van der Waals surface area contributed by atoms with E-state index in [2.05, 4.69) is 0 Å². The van der Waals surface area contributed by atoms with Gasteiger partial charge in [0.1, 0.15) is 0 Å². The number of likely N-dealkylation sites (N-methyl/N-ethyl adjacent to an activating group) is 3. The highest BCUT2D eigenvalue weighted by molar-refractivity contribution is 5.87. The zero-order valence-electron chi connectivity index (χ0n) is 43.8. The molecule has 0 fully saturated rings. The molecule has 0 spiro atoms. The molecular weight excluding hydrogens is 775 g/mol. The van der Waals surface area contributed by atoms with Crippen molar-refractivity contribution in [3.05, 3.63) is 71.9 Å². The summed E-state index contributed by atoms with van der Waals surface area (Å²) in [5, 5.41) is 31.9. The molecule has 0 aliphatic heterocycles. The number of hydrogen-bond donors (Lipinski definition) is 3. The topological polar surface area (TPSA) is 122 Å². The Bertz CT molecular complexity index is 1370. The monoisotopic (exact) mass is 872 g/mol. The third kappa shape index (κ3) is 24.3. The number of allylic oxidation sites excluding steroid dienone is 9. The van der Waals surface area contributed by atoms with Gasteiger partial charge in [-0.2, -0.15) is 0 Å². The molecule has 0 radical (unpaired) electrons. The lowest BCUT2D eigenvalue weighted by Gasteiger charge is -2.36. The van der Waals surface area contributed by atoms with Crippen molar-refractivity contribution >= 4 is 17.3 Å². The highest BCUT2D eigenvalue weighted by Gasteiger charge is 2.37. The Labute approximate surface area is 382 Å². The van der Waals surface area contributed by atoms with Crippen LogP contribution in [0.4, 0.5) is 0 Å². The first-order valence-electron chi connectivity index (χ1n) is 23.2. The second-order valence-corrected chi connectivity index (χ2v) is 19.5. The van der Waals surface area contributed by atoms with Crippen molar-refractivity contribution in [1.29, 1.82) is 0 Å². The third-order valence-corrected chi connectivity index (χ3v) is 11.3. The number of aliphatic hydroxyl groups is 3. The summed E-state index contributed by atoms with van der Waals surface area (Å²) in [5.74, 6) is -0.173. The smallest absolute Gasteiger partial charge is 0.155 e. The summed E-state index contributed by atoms with van der Waals surface area (Å²) in [6.45, 7) is 39.5. The summed E-state index contributed by atoms with van der Waals surface area (Å²) in [6, 6.07) is -0.750. The van der Waals surface area contributed by atoms with Gasteiger partial charge in [0.05, 0.1) is 36.4 Å². The van der Waals surface area contributed by atoms with Gasteiger partial charge in [-0.1, -0.05) is 134 Å². The van der Waals surface area contributed by atoms with Crippen LogP contribution in [0.1, 0.15) is 138 Å². The van der Waals surface area contributed by atoms with E-state index >= 15 is 0 Å². The molecular formula is C53H97N3O6. The van der Waals surface area contributed by atoms with Crippen LogP contribution in [0, 0.1) is 35.5 Å². The van der Waals surface area contributed by atoms with E-state index in [1.165, 1.54) is 11.1 Å². The van der Waals surface area contributed by atoms with Gasteiger partial charge >= 0.3 is 0 Å². The van der Waals surface area contributed by atoms with Crippen LogP contribution in [-0.2, 0) is 14.4 Å². The van der Waals surface area contributed by atoms with Crippen LogP contribution in [0.2, 0.25) is 0 Å². The molecule has 9 heteroatoms. The molecule has 9 nitrogen and oxygen atoms in total. The number of rotatable bonds is 24. The average molecular weight is 872 g/mol. The molecule has 0 aromatic rings. The van der Waals surface area contributed by atoms with Crippen LogP contribution in [0.25, 0.3) is 0 Å². The summed E-state index contributed by atoms with van der Waals surface area (Å²) in [6.07, 6.45) is 17.5. The van der Waals surface area contributed by atoms with Crippen LogP contribution in [0.5, 0.6) is 0 Å². The zero-order chi connectivity index (χ0) is 49.4. The van der Waals surface area contributed by atoms with Crippen molar-refractivity contribution < 1.29 is 29.7 Å². The molecule has 0 heterocycles. The lowest BCUT2D eigenvalue weighted by atomic mass is 9.88. The Balaban J connectivity index is -0.000000843. The molecule has 360 valence electrons. The van der Waals surface area contributed by atoms with E-state index in [1.54, 1.807) is 0 Å². The number of hydrogen-bond acceptors (Lipinski definition) is 9. The number of Topliss-reactive ketones (excluding diaryl/α,β-unsaturated/α-hetero) is 3. The fraction of sp³-hybridized carbons (Fsp3) is 0.717. The van der Waals surface area contributed by atoms with Gasteiger partial charge in [0.2, 0.25) is 0 Å². The fourth-order valence-electron chi connectivity index (χ4n) is 6.22. The summed E-state index contributed by atoms with van der Waals surface area (Å²) < 4.78 is 0. The first-order chi connectivity index (χ1) is 28.4. The van der Waals surface area contributed by atoms with Crippen molar-refractivity contribution in [3.8, 4) is 0 Å². The Morgan fingerprint density at radius 3 is 0.806 bits per heavy atom. The van der Waals surface area contributed by atoms with E-state index in [0.717, 1.165) is 0 Å². The van der Waals surface area contributed by atoms with Crippen molar-refractivity contribution in [2.24, 2.45) is 35.5 Å². The maximum absolute atomic E-state index is 12.5. The highest BCUT2D eigenvalue weighted by atomic mass is 16.3. The van der Waals surface area contributed by atoms with E-state index in [0.29, 0.717) is 0 Å². The predicted molar refractivity (Wildman–Crippen MR) is 266 cm³/mol. The molecule has 3 N–H and O–H groups in total. The van der Waals surface area contributed by atoms with Crippen LogP contribution in [0.3, 0.4) is 0 Å². The molecule has 0 rings (SSSR count). The van der Waals surface area contributed by atoms with E-state index in [1.807, 2.05) is 235 Å². The van der Waals surface area contributed by atoms with E-state index in [9.17, 15) is 29.7 Å². The summed E-state index contributed by atoms with van der Waals surface area (Å²) >= 11 is 0. The minimum absolute atomic E-state index is 0.0694. The van der Waals surface area contributed by atoms with Gasteiger partial charge in [-0.3, -0.25) is 29.1 Å². The van der Waals surface area contributed by atoms with Gasteiger partial charge in [-0.25, -0.2) is 0 Å². The van der Waals surface area contributed by atoms with Gasteiger partial charge in [0, 0.05) is 53.6 Å². The summed E-state index contributed by atoms with van der Waals surface area (Å²) in [4.78, 5) is 43.3. The number of ketones is 3. The predicted octanol–water partition coefficient (Wildman–Crippen LogP) is 9.93. The maximum Gasteiger partial charge on any atom is 0.155 e. The lowest BCUT2D eigenvalue weighted by Crippen LogP contribution is -2.53. The van der Waals surface area contributed by atoms with Crippen molar-refractivity contribution in [2.75, 3.05) is 21.1 Å². The van der Waals surface area contributed by atoms with Crippen molar-refractivity contribution in [1.82, 2.24) is 14.7 Å². The molecule has 0 bridgehead atoms. The molecule has 62 heavy (non-hydrogen) atoms. The second-order valence-electron chi connectivity index (χ2n) is 19.5. The first-order valence-corrected chi connectivity index (χ1v) is 23.2. The number of carbonyl (C=O) groups is 3. The molecule has 0 unspecified atom stereocenters. The lowest BCUT2D eigenvalue weighted by molar-refractivity contribution is -0.133. The molecule has 0 amide bonds. The average Bonchev–Trinajstić information content (AvgIpc) is 3.17. The fourth-order valence-corrected chi connectivity index (χ4v) is 6.22. The van der Waals surface area contributed by atoms with Crippen molar-refractivity contribution in [2.45, 2.75) is 193 Å². The normalized spacial score (nSPS) is 16.9. The minimum atomic E-state index is -0.700. The van der Waals surface area contributed by atoms with E-state index in [4.69, 9.17) is 0 Å². The summed E-state index contributed by atoms with van der Waals surface area (Å²) in [7, 11) is 5.72. The first kappa shape index (κ1) is 63.5. The van der Waals surface area contributed by atoms with Gasteiger partial charge in [0.15, 0.2) is 17.3 Å². The number of aliphatic hydroxyl groups excluding tert-OH is 3. The highest BCUT2D eigenvalue weighted by Crippen LogP contribution is 2.22. The number of carbonyl (C=O) groups excluding carboxylic acids is 3. The van der Waals surface area contributed by atoms with E-state index in [-0.39, 0.29) is 71.0 Å². The van der Waals surface area contributed by atoms with Crippen molar-refractivity contribution in [3.63, 3.8) is 0 Å². The molecule has 0 aromatic heterocycles. The second kappa shape index (κ2) is 32.8. The quantitative estimate of drug-likeness (QED) is 0.0815. The Morgan fingerprint density at radius 2 is 0.629 bits per heavy atom. The van der Waals surface area contributed by atoms with E-state index < -0.39 is 36.4 Å². The van der Waals surface area contributed by atoms with Gasteiger partial charge in [-0.05, 0) is 97.3 Å².